The van der Waals surface area contributed by atoms with Crippen LogP contribution in [-0.4, -0.2) is 81.5 Å². The summed E-state index contributed by atoms with van der Waals surface area (Å²) in [5.74, 6) is 0.845. The Morgan fingerprint density at radius 2 is 1.82 bits per heavy atom. The molecule has 0 spiro atoms. The summed E-state index contributed by atoms with van der Waals surface area (Å²) in [6.07, 6.45) is 4.17. The molecule has 10 heteroatoms. The third-order valence-corrected chi connectivity index (χ3v) is 6.79. The molecule has 28 heavy (non-hydrogen) atoms. The lowest BCUT2D eigenvalue weighted by Gasteiger charge is -2.32. The first kappa shape index (κ1) is 25.4. The highest BCUT2D eigenvalue weighted by Crippen LogP contribution is 2.12. The second-order valence-electron chi connectivity index (χ2n) is 7.44. The average molecular weight is 529 g/mol. The molecule has 0 aromatic rings. The van der Waals surface area contributed by atoms with E-state index in [0.717, 1.165) is 45.0 Å². The number of hydrogen-bond acceptors (Lipinski definition) is 5. The van der Waals surface area contributed by atoms with Crippen molar-refractivity contribution < 1.29 is 13.2 Å². The van der Waals surface area contributed by atoms with Crippen LogP contribution in [0.1, 0.15) is 46.0 Å². The summed E-state index contributed by atoms with van der Waals surface area (Å²) in [7, 11) is -2.97. The topological polar surface area (TPSA) is 103 Å². The normalized spacial score (nSPS) is 23.1. The Morgan fingerprint density at radius 3 is 2.39 bits per heavy atom. The van der Waals surface area contributed by atoms with Gasteiger partial charge in [-0.2, -0.15) is 0 Å². The SMILES string of the molecule is CCCN1CCC(NC(=NCCC(=O)NC2CCS(=O)(=O)C2)NCC)CC1.I. The summed E-state index contributed by atoms with van der Waals surface area (Å²) in [6, 6.07) is 0.166. The first-order valence-electron chi connectivity index (χ1n) is 10.2. The third-order valence-electron chi connectivity index (χ3n) is 5.02. The van der Waals surface area contributed by atoms with Gasteiger partial charge in [0, 0.05) is 38.1 Å². The lowest BCUT2D eigenvalue weighted by molar-refractivity contribution is -0.121. The van der Waals surface area contributed by atoms with Crippen molar-refractivity contribution in [2.24, 2.45) is 4.99 Å². The minimum absolute atomic E-state index is 0. The van der Waals surface area contributed by atoms with Gasteiger partial charge < -0.3 is 20.9 Å². The highest BCUT2D eigenvalue weighted by molar-refractivity contribution is 14.0. The van der Waals surface area contributed by atoms with Crippen molar-refractivity contribution in [3.8, 4) is 0 Å². The summed E-state index contributed by atoms with van der Waals surface area (Å²) < 4.78 is 22.9. The Balaban J connectivity index is 0.00000392. The quantitative estimate of drug-likeness (QED) is 0.244. The molecule has 2 heterocycles. The second kappa shape index (κ2) is 12.8. The fourth-order valence-corrected chi connectivity index (χ4v) is 5.28. The summed E-state index contributed by atoms with van der Waals surface area (Å²) in [5, 5.41) is 9.52. The van der Waals surface area contributed by atoms with Crippen molar-refractivity contribution in [1.82, 2.24) is 20.9 Å². The molecule has 3 N–H and O–H groups in total. The first-order chi connectivity index (χ1) is 12.9. The van der Waals surface area contributed by atoms with Crippen molar-refractivity contribution in [1.29, 1.82) is 0 Å². The van der Waals surface area contributed by atoms with E-state index < -0.39 is 9.84 Å². The monoisotopic (exact) mass is 529 g/mol. The molecule has 2 rings (SSSR count). The van der Waals surface area contributed by atoms with Crippen molar-refractivity contribution in [2.75, 3.05) is 44.2 Å². The van der Waals surface area contributed by atoms with E-state index in [9.17, 15) is 13.2 Å². The van der Waals surface area contributed by atoms with Crippen molar-refractivity contribution >= 4 is 45.7 Å². The summed E-state index contributed by atoms with van der Waals surface area (Å²) in [4.78, 5) is 19.0. The van der Waals surface area contributed by atoms with E-state index in [-0.39, 0.29) is 53.9 Å². The van der Waals surface area contributed by atoms with Crippen LogP contribution in [-0.2, 0) is 14.6 Å². The first-order valence-corrected chi connectivity index (χ1v) is 12.0. The summed E-state index contributed by atoms with van der Waals surface area (Å²) in [6.45, 7) is 8.77. The number of nitrogens with one attached hydrogen (secondary N) is 3. The molecule has 0 radical (unpaired) electrons. The number of hydrogen-bond donors (Lipinski definition) is 3. The number of aliphatic imine (C=N–C) groups is 1. The number of carbonyl (C=O) groups excluding carboxylic acids is 1. The van der Waals surface area contributed by atoms with Gasteiger partial charge in [0.05, 0.1) is 18.1 Å². The number of likely N-dealkylation sites (tertiary alicyclic amines) is 1. The second-order valence-corrected chi connectivity index (χ2v) is 9.67. The van der Waals surface area contributed by atoms with Gasteiger partial charge in [-0.1, -0.05) is 6.92 Å². The van der Waals surface area contributed by atoms with Crippen molar-refractivity contribution in [2.45, 2.75) is 58.0 Å². The molecule has 0 aliphatic carbocycles. The van der Waals surface area contributed by atoms with Crippen molar-refractivity contribution in [3.63, 3.8) is 0 Å². The fraction of sp³-hybridized carbons (Fsp3) is 0.889. The number of nitrogens with zero attached hydrogens (tertiary/aromatic N) is 2. The van der Waals surface area contributed by atoms with Crippen LogP contribution in [0.4, 0.5) is 0 Å². The standard InChI is InChI=1S/C18H35N5O3S.HI/c1-3-10-23-11-6-15(7-12-23)22-18(19-4-2)20-9-5-17(24)21-16-8-13-27(25,26)14-16;/h15-16H,3-14H2,1-2H3,(H,21,24)(H2,19,20,22);1H. The van der Waals surface area contributed by atoms with Gasteiger partial charge in [0.25, 0.3) is 0 Å². The van der Waals surface area contributed by atoms with Gasteiger partial charge in [-0.15, -0.1) is 24.0 Å². The van der Waals surface area contributed by atoms with E-state index in [4.69, 9.17) is 0 Å². The Morgan fingerprint density at radius 1 is 1.11 bits per heavy atom. The number of carbonyl (C=O) groups is 1. The molecule has 0 aromatic heterocycles. The maximum atomic E-state index is 12.0. The zero-order valence-corrected chi connectivity index (χ0v) is 20.2. The van der Waals surface area contributed by atoms with Gasteiger partial charge in [0.1, 0.15) is 0 Å². The number of halogens is 1. The predicted octanol–water partition coefficient (Wildman–Crippen LogP) is 0.727. The summed E-state index contributed by atoms with van der Waals surface area (Å²) in [5.41, 5.74) is 0. The maximum absolute atomic E-state index is 12.0. The molecule has 0 aromatic carbocycles. The van der Waals surface area contributed by atoms with Gasteiger partial charge in [-0.05, 0) is 39.2 Å². The van der Waals surface area contributed by atoms with Crippen LogP contribution >= 0.6 is 24.0 Å². The Hall–Kier alpha value is -0.620. The molecule has 1 amide bonds. The zero-order chi connectivity index (χ0) is 19.7. The fourth-order valence-electron chi connectivity index (χ4n) is 3.61. The minimum atomic E-state index is -2.97. The van der Waals surface area contributed by atoms with Gasteiger partial charge in [0.2, 0.25) is 5.91 Å². The Bertz CT molecular complexity index is 606. The van der Waals surface area contributed by atoms with Crippen LogP contribution in [0.15, 0.2) is 4.99 Å². The number of guanidine groups is 1. The average Bonchev–Trinajstić information content (AvgIpc) is 2.95. The predicted molar refractivity (Wildman–Crippen MR) is 124 cm³/mol. The van der Waals surface area contributed by atoms with Gasteiger partial charge in [-0.3, -0.25) is 9.79 Å². The van der Waals surface area contributed by atoms with Crippen molar-refractivity contribution in [3.05, 3.63) is 0 Å². The molecule has 1 atom stereocenters. The highest BCUT2D eigenvalue weighted by atomic mass is 127. The van der Waals surface area contributed by atoms with E-state index in [1.807, 2.05) is 6.92 Å². The van der Waals surface area contributed by atoms with Crippen LogP contribution in [0, 0.1) is 0 Å². The summed E-state index contributed by atoms with van der Waals surface area (Å²) >= 11 is 0. The van der Waals surface area contributed by atoms with Crippen LogP contribution in [0.2, 0.25) is 0 Å². The van der Waals surface area contributed by atoms with E-state index in [1.54, 1.807) is 0 Å². The number of rotatable bonds is 8. The molecule has 0 bridgehead atoms. The zero-order valence-electron chi connectivity index (χ0n) is 17.1. The van der Waals surface area contributed by atoms with Crippen LogP contribution in [0.3, 0.4) is 0 Å². The third kappa shape index (κ3) is 9.25. The Labute approximate surface area is 186 Å². The largest absolute Gasteiger partial charge is 0.357 e. The number of piperidine rings is 1. The molecule has 2 aliphatic heterocycles. The van der Waals surface area contributed by atoms with Crippen LogP contribution in [0.25, 0.3) is 0 Å². The highest BCUT2D eigenvalue weighted by Gasteiger charge is 2.28. The van der Waals surface area contributed by atoms with E-state index in [0.29, 0.717) is 19.0 Å². The van der Waals surface area contributed by atoms with E-state index in [1.165, 1.54) is 6.42 Å². The van der Waals surface area contributed by atoms with E-state index in [2.05, 4.69) is 32.8 Å². The molecule has 2 saturated heterocycles. The molecule has 0 saturated carbocycles. The molecule has 164 valence electrons. The van der Waals surface area contributed by atoms with Gasteiger partial charge >= 0.3 is 0 Å². The van der Waals surface area contributed by atoms with Gasteiger partial charge in [-0.25, -0.2) is 8.42 Å². The van der Waals surface area contributed by atoms with Crippen LogP contribution in [0.5, 0.6) is 0 Å². The van der Waals surface area contributed by atoms with E-state index >= 15 is 0 Å². The lowest BCUT2D eigenvalue weighted by atomic mass is 10.1. The number of sulfone groups is 1. The molecule has 1 unspecified atom stereocenters. The molecular weight excluding hydrogens is 493 g/mol. The Kier molecular flexibility index (Phi) is 11.7. The van der Waals surface area contributed by atoms with Gasteiger partial charge in [0.15, 0.2) is 15.8 Å². The molecule has 2 aliphatic rings. The number of amides is 1. The minimum Gasteiger partial charge on any atom is -0.357 e. The molecular formula is C18H36IN5O3S. The van der Waals surface area contributed by atoms with Crippen LogP contribution < -0.4 is 16.0 Å². The molecule has 8 nitrogen and oxygen atoms in total. The lowest BCUT2D eigenvalue weighted by Crippen LogP contribution is -2.48. The smallest absolute Gasteiger partial charge is 0.222 e. The maximum Gasteiger partial charge on any atom is 0.222 e. The molecule has 2 fully saturated rings.